The van der Waals surface area contributed by atoms with E-state index in [-0.39, 0.29) is 6.04 Å². The first-order valence-electron chi connectivity index (χ1n) is 7.39. The van der Waals surface area contributed by atoms with Gasteiger partial charge in [0.1, 0.15) is 5.75 Å². The third-order valence-corrected chi connectivity index (χ3v) is 4.79. The summed E-state index contributed by atoms with van der Waals surface area (Å²) in [6.45, 7) is 9.51. The van der Waals surface area contributed by atoms with Crippen molar-refractivity contribution in [2.45, 2.75) is 26.0 Å². The summed E-state index contributed by atoms with van der Waals surface area (Å²) in [6, 6.07) is 4.34. The largest absolute Gasteiger partial charge is 0.496 e. The fourth-order valence-electron chi connectivity index (χ4n) is 3.51. The van der Waals surface area contributed by atoms with Crippen LogP contribution in [0.5, 0.6) is 5.75 Å². The highest BCUT2D eigenvalue weighted by Crippen LogP contribution is 2.32. The van der Waals surface area contributed by atoms with Crippen molar-refractivity contribution < 1.29 is 9.84 Å². The van der Waals surface area contributed by atoms with Crippen LogP contribution in [0, 0.1) is 13.8 Å². The predicted octanol–water partition coefficient (Wildman–Crippen LogP) is 1.35. The van der Waals surface area contributed by atoms with Gasteiger partial charge in [0.25, 0.3) is 0 Å². The number of hydrogen-bond acceptors (Lipinski definition) is 4. The van der Waals surface area contributed by atoms with Gasteiger partial charge in [-0.2, -0.15) is 0 Å². The van der Waals surface area contributed by atoms with E-state index in [4.69, 9.17) is 4.74 Å². The van der Waals surface area contributed by atoms with Crippen LogP contribution in [-0.4, -0.2) is 60.8 Å². The van der Waals surface area contributed by atoms with E-state index in [1.54, 1.807) is 7.11 Å². The summed E-state index contributed by atoms with van der Waals surface area (Å²) < 4.78 is 5.36. The SMILES string of the molecule is COc1cc(C)c(C(O)C2CN3CCN2CC3)cc1C. The van der Waals surface area contributed by atoms with E-state index in [2.05, 4.69) is 22.8 Å². The van der Waals surface area contributed by atoms with Crippen molar-refractivity contribution in [3.63, 3.8) is 0 Å². The summed E-state index contributed by atoms with van der Waals surface area (Å²) in [5, 5.41) is 10.8. The Morgan fingerprint density at radius 3 is 2.40 bits per heavy atom. The average molecular weight is 276 g/mol. The first-order chi connectivity index (χ1) is 9.60. The van der Waals surface area contributed by atoms with E-state index in [1.165, 1.54) is 0 Å². The van der Waals surface area contributed by atoms with Gasteiger partial charge in [-0.1, -0.05) is 0 Å². The lowest BCUT2D eigenvalue weighted by Gasteiger charge is -2.49. The molecule has 2 atom stereocenters. The highest BCUT2D eigenvalue weighted by molar-refractivity contribution is 5.43. The maximum Gasteiger partial charge on any atom is 0.122 e. The Bertz CT molecular complexity index is 495. The first kappa shape index (κ1) is 13.9. The second-order valence-corrected chi connectivity index (χ2v) is 6.03. The van der Waals surface area contributed by atoms with E-state index in [0.29, 0.717) is 0 Å². The Hall–Kier alpha value is -1.10. The zero-order valence-corrected chi connectivity index (χ0v) is 12.6. The fraction of sp³-hybridized carbons (Fsp3) is 0.625. The van der Waals surface area contributed by atoms with Crippen molar-refractivity contribution in [3.8, 4) is 5.75 Å². The number of benzene rings is 1. The Morgan fingerprint density at radius 1 is 1.15 bits per heavy atom. The fourth-order valence-corrected chi connectivity index (χ4v) is 3.51. The lowest BCUT2D eigenvalue weighted by molar-refractivity contribution is -0.0472. The number of hydrogen-bond donors (Lipinski definition) is 1. The molecule has 0 radical (unpaired) electrons. The number of aryl methyl sites for hydroxylation is 2. The average Bonchev–Trinajstić information content (AvgIpc) is 2.49. The molecule has 20 heavy (non-hydrogen) atoms. The highest BCUT2D eigenvalue weighted by atomic mass is 16.5. The summed E-state index contributed by atoms with van der Waals surface area (Å²) in [6.07, 6.45) is -0.414. The molecular weight excluding hydrogens is 252 g/mol. The van der Waals surface area contributed by atoms with Crippen LogP contribution in [0.1, 0.15) is 22.8 Å². The zero-order chi connectivity index (χ0) is 14.3. The molecule has 2 bridgehead atoms. The number of methoxy groups -OCH3 is 1. The smallest absolute Gasteiger partial charge is 0.122 e. The van der Waals surface area contributed by atoms with Gasteiger partial charge in [-0.15, -0.1) is 0 Å². The van der Waals surface area contributed by atoms with Gasteiger partial charge in [0.15, 0.2) is 0 Å². The van der Waals surface area contributed by atoms with Crippen molar-refractivity contribution in [1.29, 1.82) is 0 Å². The van der Waals surface area contributed by atoms with Gasteiger partial charge in [0.2, 0.25) is 0 Å². The molecule has 3 fully saturated rings. The maximum absolute atomic E-state index is 10.8. The van der Waals surface area contributed by atoms with Crippen LogP contribution >= 0.6 is 0 Å². The predicted molar refractivity (Wildman–Crippen MR) is 79.2 cm³/mol. The number of fused-ring (bicyclic) bond motifs is 3. The molecule has 3 aliphatic heterocycles. The number of ether oxygens (including phenoxy) is 1. The molecule has 1 aromatic carbocycles. The summed E-state index contributed by atoms with van der Waals surface area (Å²) in [5.41, 5.74) is 3.24. The summed E-state index contributed by atoms with van der Waals surface area (Å²) in [7, 11) is 1.69. The van der Waals surface area contributed by atoms with Crippen LogP contribution in [0.2, 0.25) is 0 Å². The van der Waals surface area contributed by atoms with Crippen molar-refractivity contribution in [3.05, 3.63) is 28.8 Å². The molecule has 2 unspecified atom stereocenters. The first-order valence-corrected chi connectivity index (χ1v) is 7.39. The molecule has 4 rings (SSSR count). The van der Waals surface area contributed by atoms with Crippen LogP contribution in [0.4, 0.5) is 0 Å². The van der Waals surface area contributed by atoms with Crippen LogP contribution < -0.4 is 4.74 Å². The monoisotopic (exact) mass is 276 g/mol. The van der Waals surface area contributed by atoms with Gasteiger partial charge in [-0.3, -0.25) is 9.80 Å². The van der Waals surface area contributed by atoms with Crippen molar-refractivity contribution in [1.82, 2.24) is 9.80 Å². The Morgan fingerprint density at radius 2 is 1.85 bits per heavy atom. The van der Waals surface area contributed by atoms with E-state index in [1.807, 2.05) is 13.0 Å². The molecule has 3 saturated heterocycles. The summed E-state index contributed by atoms with van der Waals surface area (Å²) >= 11 is 0. The minimum absolute atomic E-state index is 0.226. The molecule has 0 aromatic heterocycles. The topological polar surface area (TPSA) is 35.9 Å². The van der Waals surface area contributed by atoms with Gasteiger partial charge < -0.3 is 9.84 Å². The molecule has 0 saturated carbocycles. The summed E-state index contributed by atoms with van der Waals surface area (Å²) in [4.78, 5) is 4.89. The van der Waals surface area contributed by atoms with Crippen LogP contribution in [0.15, 0.2) is 12.1 Å². The molecular formula is C16H24N2O2. The van der Waals surface area contributed by atoms with E-state index < -0.39 is 6.10 Å². The van der Waals surface area contributed by atoms with Crippen molar-refractivity contribution in [2.24, 2.45) is 0 Å². The molecule has 1 N–H and O–H groups in total. The minimum atomic E-state index is -0.414. The maximum atomic E-state index is 10.8. The van der Waals surface area contributed by atoms with Crippen molar-refractivity contribution in [2.75, 3.05) is 39.8 Å². The number of aliphatic hydroxyl groups is 1. The van der Waals surface area contributed by atoms with E-state index in [0.717, 1.165) is 55.2 Å². The Balaban J connectivity index is 1.87. The van der Waals surface area contributed by atoms with Gasteiger partial charge in [0.05, 0.1) is 19.3 Å². The normalized spacial score (nSPS) is 30.3. The third kappa shape index (κ3) is 2.32. The molecule has 0 amide bonds. The lowest BCUT2D eigenvalue weighted by Crippen LogP contribution is -2.62. The van der Waals surface area contributed by atoms with Crippen molar-refractivity contribution >= 4 is 0 Å². The third-order valence-electron chi connectivity index (χ3n) is 4.79. The lowest BCUT2D eigenvalue weighted by atomic mass is 9.92. The Labute approximate surface area is 120 Å². The number of piperazine rings is 3. The van der Waals surface area contributed by atoms with Gasteiger partial charge in [-0.25, -0.2) is 0 Å². The Kier molecular flexibility index (Phi) is 3.71. The number of rotatable bonds is 3. The second-order valence-electron chi connectivity index (χ2n) is 6.03. The van der Waals surface area contributed by atoms with Gasteiger partial charge >= 0.3 is 0 Å². The second kappa shape index (κ2) is 5.35. The standard InChI is InChI=1S/C16H24N2O2/c1-11-9-15(20-3)12(2)8-13(11)16(19)14-10-17-4-6-18(14)7-5-17/h8-9,14,16,19H,4-7,10H2,1-3H3. The zero-order valence-electron chi connectivity index (χ0n) is 12.6. The molecule has 4 nitrogen and oxygen atoms in total. The molecule has 3 aliphatic rings. The number of nitrogens with zero attached hydrogens (tertiary/aromatic N) is 2. The van der Waals surface area contributed by atoms with Gasteiger partial charge in [0, 0.05) is 32.7 Å². The molecule has 4 heteroatoms. The summed E-state index contributed by atoms with van der Waals surface area (Å²) in [5.74, 6) is 0.896. The minimum Gasteiger partial charge on any atom is -0.496 e. The highest BCUT2D eigenvalue weighted by Gasteiger charge is 2.37. The molecule has 0 aliphatic carbocycles. The van der Waals surface area contributed by atoms with E-state index in [9.17, 15) is 5.11 Å². The van der Waals surface area contributed by atoms with Crippen LogP contribution in [0.3, 0.4) is 0 Å². The van der Waals surface area contributed by atoms with Gasteiger partial charge in [-0.05, 0) is 42.7 Å². The van der Waals surface area contributed by atoms with Crippen LogP contribution in [-0.2, 0) is 0 Å². The van der Waals surface area contributed by atoms with Crippen LogP contribution in [0.25, 0.3) is 0 Å². The molecule has 3 heterocycles. The number of aliphatic hydroxyl groups excluding tert-OH is 1. The van der Waals surface area contributed by atoms with E-state index >= 15 is 0 Å². The molecule has 110 valence electrons. The molecule has 1 aromatic rings. The quantitative estimate of drug-likeness (QED) is 0.904. The molecule has 0 spiro atoms.